The zero-order valence-corrected chi connectivity index (χ0v) is 24.9. The molecule has 9 nitrogen and oxygen atoms in total. The van der Waals surface area contributed by atoms with E-state index in [1.807, 2.05) is 13.8 Å². The fraction of sp³-hybridized carbons (Fsp3) is 0.481. The predicted octanol–water partition coefficient (Wildman–Crippen LogP) is 4.64. The number of amides is 2. The van der Waals surface area contributed by atoms with Crippen molar-refractivity contribution in [3.63, 3.8) is 0 Å². The van der Waals surface area contributed by atoms with Crippen LogP contribution in [0.5, 0.6) is 11.5 Å². The van der Waals surface area contributed by atoms with E-state index >= 15 is 0 Å². The zero-order chi connectivity index (χ0) is 28.7. The molecule has 214 valence electrons. The minimum absolute atomic E-state index is 0.000402. The summed E-state index contributed by atoms with van der Waals surface area (Å²) in [4.78, 5) is 27.9. The van der Waals surface area contributed by atoms with Crippen LogP contribution >= 0.6 is 23.2 Å². The van der Waals surface area contributed by atoms with Gasteiger partial charge in [-0.3, -0.25) is 13.9 Å². The number of ether oxygens (including phenoxy) is 2. The number of anilines is 1. The van der Waals surface area contributed by atoms with E-state index in [2.05, 4.69) is 5.32 Å². The summed E-state index contributed by atoms with van der Waals surface area (Å²) in [5.41, 5.74) is 0.946. The van der Waals surface area contributed by atoms with E-state index in [-0.39, 0.29) is 43.8 Å². The highest BCUT2D eigenvalue weighted by molar-refractivity contribution is 7.92. The number of rotatable bonds is 12. The molecule has 2 unspecified atom stereocenters. The zero-order valence-electron chi connectivity index (χ0n) is 22.6. The normalized spacial score (nSPS) is 14.3. The molecule has 0 radical (unpaired) electrons. The van der Waals surface area contributed by atoms with Crippen molar-refractivity contribution in [3.8, 4) is 11.5 Å². The molecule has 1 heterocycles. The van der Waals surface area contributed by atoms with Crippen LogP contribution in [-0.4, -0.2) is 63.2 Å². The Labute approximate surface area is 240 Å². The van der Waals surface area contributed by atoms with Gasteiger partial charge in [-0.15, -0.1) is 0 Å². The number of hydrogen-bond acceptors (Lipinski definition) is 6. The fourth-order valence-electron chi connectivity index (χ4n) is 4.09. The van der Waals surface area contributed by atoms with Crippen LogP contribution in [0.1, 0.15) is 45.6 Å². The summed E-state index contributed by atoms with van der Waals surface area (Å²) in [6.45, 7) is 6.38. The van der Waals surface area contributed by atoms with Gasteiger partial charge in [0, 0.05) is 47.2 Å². The van der Waals surface area contributed by atoms with Crippen LogP contribution in [0.3, 0.4) is 0 Å². The minimum Gasteiger partial charge on any atom is -0.486 e. The number of hydrogen-bond donors (Lipinski definition) is 1. The lowest BCUT2D eigenvalue weighted by Gasteiger charge is -2.31. The quantitative estimate of drug-likeness (QED) is 0.381. The molecule has 0 fully saturated rings. The Morgan fingerprint density at radius 3 is 2.31 bits per heavy atom. The summed E-state index contributed by atoms with van der Waals surface area (Å²) >= 11 is 12.7. The summed E-state index contributed by atoms with van der Waals surface area (Å²) in [6.07, 6.45) is 2.06. The highest BCUT2D eigenvalue weighted by Gasteiger charge is 2.28. The average molecular weight is 601 g/mol. The van der Waals surface area contributed by atoms with E-state index in [0.717, 1.165) is 12.7 Å². The lowest BCUT2D eigenvalue weighted by atomic mass is 10.1. The third-order valence-electron chi connectivity index (χ3n) is 6.52. The van der Waals surface area contributed by atoms with Crippen LogP contribution in [0.25, 0.3) is 0 Å². The van der Waals surface area contributed by atoms with Crippen LogP contribution in [0.2, 0.25) is 10.0 Å². The Bertz CT molecular complexity index is 1270. The molecule has 1 N–H and O–H groups in total. The molecule has 2 atom stereocenters. The highest BCUT2D eigenvalue weighted by Crippen LogP contribution is 2.35. The number of halogens is 2. The molecule has 0 aromatic heterocycles. The van der Waals surface area contributed by atoms with Crippen molar-refractivity contribution in [2.24, 2.45) is 0 Å². The Balaban J connectivity index is 1.78. The topological polar surface area (TPSA) is 105 Å². The monoisotopic (exact) mass is 599 g/mol. The van der Waals surface area contributed by atoms with Crippen molar-refractivity contribution < 1.29 is 27.5 Å². The first-order valence-electron chi connectivity index (χ1n) is 12.8. The second kappa shape index (κ2) is 13.6. The van der Waals surface area contributed by atoms with Gasteiger partial charge in [-0.2, -0.15) is 0 Å². The molecule has 1 aliphatic rings. The van der Waals surface area contributed by atoms with Gasteiger partial charge in [0.2, 0.25) is 21.8 Å². The first-order valence-corrected chi connectivity index (χ1v) is 15.4. The predicted molar refractivity (Wildman–Crippen MR) is 153 cm³/mol. The van der Waals surface area contributed by atoms with Crippen LogP contribution in [0, 0.1) is 0 Å². The lowest BCUT2D eigenvalue weighted by molar-refractivity contribution is -0.140. The van der Waals surface area contributed by atoms with E-state index in [1.54, 1.807) is 43.3 Å². The second-order valence-electron chi connectivity index (χ2n) is 9.48. The molecule has 0 saturated carbocycles. The number of nitrogens with zero attached hydrogens (tertiary/aromatic N) is 2. The smallest absolute Gasteiger partial charge is 0.242 e. The molecule has 1 aliphatic heterocycles. The molecule has 2 aromatic carbocycles. The SMILES string of the molecule is CCC(C)NC(=O)C(C)N(Cc1c(Cl)cccc1Cl)C(=O)CCCN(c1ccc2c(c1)OCCO2)S(C)(=O)=O. The van der Waals surface area contributed by atoms with Crippen LogP contribution in [0.15, 0.2) is 36.4 Å². The highest BCUT2D eigenvalue weighted by atomic mass is 35.5. The van der Waals surface area contributed by atoms with Crippen molar-refractivity contribution in [3.05, 3.63) is 52.0 Å². The van der Waals surface area contributed by atoms with Crippen molar-refractivity contribution in [2.45, 2.75) is 58.7 Å². The Morgan fingerprint density at radius 2 is 1.69 bits per heavy atom. The van der Waals surface area contributed by atoms with Gasteiger partial charge in [0.25, 0.3) is 0 Å². The molecule has 3 rings (SSSR count). The largest absolute Gasteiger partial charge is 0.486 e. The standard InChI is InChI=1S/C27H35Cl2N3O6S/c1-5-18(2)30-27(34)19(3)31(17-21-22(28)8-6-9-23(21)29)26(33)10-7-13-32(39(4,35)36)20-11-12-24-25(16-20)38-15-14-37-24/h6,8-9,11-12,16,18-19H,5,7,10,13-15,17H2,1-4H3,(H,30,34). The second-order valence-corrected chi connectivity index (χ2v) is 12.2. The van der Waals surface area contributed by atoms with Crippen molar-refractivity contribution in [1.29, 1.82) is 0 Å². The molecular weight excluding hydrogens is 565 g/mol. The van der Waals surface area contributed by atoms with Crippen molar-refractivity contribution >= 4 is 50.7 Å². The molecule has 39 heavy (non-hydrogen) atoms. The van der Waals surface area contributed by atoms with Gasteiger partial charge >= 0.3 is 0 Å². The van der Waals surface area contributed by atoms with Gasteiger partial charge in [-0.05, 0) is 51.0 Å². The molecule has 2 aromatic rings. The van der Waals surface area contributed by atoms with E-state index < -0.39 is 16.1 Å². The summed E-state index contributed by atoms with van der Waals surface area (Å²) in [6, 6.07) is 9.11. The van der Waals surface area contributed by atoms with Gasteiger partial charge < -0.3 is 19.7 Å². The Morgan fingerprint density at radius 1 is 1.05 bits per heavy atom. The molecule has 0 aliphatic carbocycles. The van der Waals surface area contributed by atoms with Crippen LogP contribution in [-0.2, 0) is 26.2 Å². The first-order chi connectivity index (χ1) is 18.4. The molecule has 0 saturated heterocycles. The minimum atomic E-state index is -3.66. The van der Waals surface area contributed by atoms with Crippen molar-refractivity contribution in [2.75, 3.05) is 30.3 Å². The van der Waals surface area contributed by atoms with E-state index in [0.29, 0.717) is 46.0 Å². The van der Waals surface area contributed by atoms with Gasteiger partial charge in [0.05, 0.1) is 11.9 Å². The van der Waals surface area contributed by atoms with E-state index in [9.17, 15) is 18.0 Å². The number of fused-ring (bicyclic) bond motifs is 1. The lowest BCUT2D eigenvalue weighted by Crippen LogP contribution is -2.49. The molecule has 2 amide bonds. The maximum atomic E-state index is 13.5. The number of carbonyl (C=O) groups excluding carboxylic acids is 2. The number of sulfonamides is 1. The van der Waals surface area contributed by atoms with Crippen LogP contribution in [0.4, 0.5) is 5.69 Å². The van der Waals surface area contributed by atoms with E-state index in [1.165, 1.54) is 9.21 Å². The van der Waals surface area contributed by atoms with E-state index in [4.69, 9.17) is 32.7 Å². The molecule has 12 heteroatoms. The molecular formula is C27H35Cl2N3O6S. The number of carbonyl (C=O) groups is 2. The Hall–Kier alpha value is -2.69. The summed E-state index contributed by atoms with van der Waals surface area (Å²) in [7, 11) is -3.66. The molecule has 0 bridgehead atoms. The average Bonchev–Trinajstić information content (AvgIpc) is 2.89. The maximum absolute atomic E-state index is 13.5. The molecule has 0 spiro atoms. The first kappa shape index (κ1) is 30.8. The third kappa shape index (κ3) is 8.16. The summed E-state index contributed by atoms with van der Waals surface area (Å²) in [5.74, 6) is 0.392. The van der Waals surface area contributed by atoms with Gasteiger partial charge in [-0.25, -0.2) is 8.42 Å². The van der Waals surface area contributed by atoms with Crippen molar-refractivity contribution in [1.82, 2.24) is 10.2 Å². The third-order valence-corrected chi connectivity index (χ3v) is 8.43. The maximum Gasteiger partial charge on any atom is 0.242 e. The number of nitrogens with one attached hydrogen (secondary N) is 1. The van der Waals surface area contributed by atoms with Gasteiger partial charge in [0.15, 0.2) is 11.5 Å². The summed E-state index contributed by atoms with van der Waals surface area (Å²) < 4.78 is 37.6. The number of benzene rings is 2. The van der Waals surface area contributed by atoms with Gasteiger partial charge in [0.1, 0.15) is 19.3 Å². The summed E-state index contributed by atoms with van der Waals surface area (Å²) in [5, 5.41) is 3.68. The van der Waals surface area contributed by atoms with Gasteiger partial charge in [-0.1, -0.05) is 36.2 Å². The Kier molecular flexibility index (Phi) is 10.7. The van der Waals surface area contributed by atoms with Crippen LogP contribution < -0.4 is 19.1 Å². The fourth-order valence-corrected chi connectivity index (χ4v) is 5.57.